The molecule has 1 aromatic heterocycles. The van der Waals surface area contributed by atoms with Crippen molar-refractivity contribution in [3.05, 3.63) is 59.4 Å². The van der Waals surface area contributed by atoms with Gasteiger partial charge in [0.2, 0.25) is 0 Å². The highest BCUT2D eigenvalue weighted by atomic mass is 16.5. The summed E-state index contributed by atoms with van der Waals surface area (Å²) in [5.41, 5.74) is 0.981. The number of pyridine rings is 1. The molecule has 1 saturated heterocycles. The molecule has 1 aliphatic heterocycles. The van der Waals surface area contributed by atoms with Crippen molar-refractivity contribution in [1.82, 2.24) is 9.88 Å². The Morgan fingerprint density at radius 3 is 2.47 bits per heavy atom. The van der Waals surface area contributed by atoms with Crippen LogP contribution in [0, 0.1) is 0 Å². The zero-order valence-electron chi connectivity index (χ0n) is 17.1. The molecule has 0 spiro atoms. The molecule has 30 heavy (non-hydrogen) atoms. The third-order valence-corrected chi connectivity index (χ3v) is 4.97. The number of rotatable bonds is 8. The van der Waals surface area contributed by atoms with Gasteiger partial charge in [0.05, 0.1) is 31.4 Å². The minimum atomic E-state index is -0.746. The maximum Gasteiger partial charge on any atom is 0.295 e. The number of benzene rings is 1. The summed E-state index contributed by atoms with van der Waals surface area (Å²) in [6.45, 7) is 0.750. The van der Waals surface area contributed by atoms with E-state index in [-0.39, 0.29) is 11.3 Å². The van der Waals surface area contributed by atoms with Crippen LogP contribution in [-0.4, -0.2) is 61.2 Å². The van der Waals surface area contributed by atoms with Crippen molar-refractivity contribution >= 4 is 17.4 Å². The molecule has 1 aliphatic rings. The Morgan fingerprint density at radius 1 is 1.10 bits per heavy atom. The molecule has 0 aliphatic carbocycles. The smallest absolute Gasteiger partial charge is 0.295 e. The van der Waals surface area contributed by atoms with E-state index in [4.69, 9.17) is 14.2 Å². The van der Waals surface area contributed by atoms with Crippen LogP contribution in [0.1, 0.15) is 23.6 Å². The predicted molar refractivity (Wildman–Crippen MR) is 109 cm³/mol. The standard InChI is InChI=1S/C22H24N2O6/c1-28-12-4-11-24-19(14-7-9-23-10-8-14)18(21(26)22(24)27)20(25)16-6-5-15(29-2)13-17(16)30-3/h5-10,13,19,25H,4,11-12H2,1-3H3/b20-18-. The molecule has 1 fully saturated rings. The van der Waals surface area contributed by atoms with Crippen molar-refractivity contribution in [2.24, 2.45) is 0 Å². The number of ether oxygens (including phenoxy) is 3. The molecule has 0 saturated carbocycles. The van der Waals surface area contributed by atoms with Gasteiger partial charge in [0, 0.05) is 38.7 Å². The molecule has 158 valence electrons. The SMILES string of the molecule is COCCCN1C(=O)C(=O)/C(=C(\O)c2ccc(OC)cc2OC)C1c1ccncc1. The first-order valence-electron chi connectivity index (χ1n) is 9.43. The predicted octanol–water partition coefficient (Wildman–Crippen LogP) is 2.56. The second-order valence-corrected chi connectivity index (χ2v) is 6.69. The molecule has 1 aromatic carbocycles. The van der Waals surface area contributed by atoms with E-state index in [2.05, 4.69) is 4.98 Å². The summed E-state index contributed by atoms with van der Waals surface area (Å²) in [7, 11) is 4.54. The number of Topliss-reactive ketones (excluding diaryl/α,β-unsaturated/α-hetero) is 1. The summed E-state index contributed by atoms with van der Waals surface area (Å²) in [5, 5.41) is 11.1. The average Bonchev–Trinajstić information content (AvgIpc) is 3.04. The van der Waals surface area contributed by atoms with Crippen LogP contribution >= 0.6 is 0 Å². The Balaban J connectivity index is 2.14. The maximum atomic E-state index is 12.9. The highest BCUT2D eigenvalue weighted by Crippen LogP contribution is 2.41. The van der Waals surface area contributed by atoms with Gasteiger partial charge in [-0.3, -0.25) is 14.6 Å². The lowest BCUT2D eigenvalue weighted by molar-refractivity contribution is -0.140. The zero-order valence-corrected chi connectivity index (χ0v) is 17.1. The van der Waals surface area contributed by atoms with Crippen LogP contribution in [0.4, 0.5) is 0 Å². The molecule has 8 heteroatoms. The van der Waals surface area contributed by atoms with Gasteiger partial charge in [-0.25, -0.2) is 0 Å². The van der Waals surface area contributed by atoms with Crippen molar-refractivity contribution in [2.45, 2.75) is 12.5 Å². The molecule has 0 radical (unpaired) electrons. The maximum absolute atomic E-state index is 12.9. The molecule has 1 atom stereocenters. The Hall–Kier alpha value is -3.39. The van der Waals surface area contributed by atoms with Gasteiger partial charge in [-0.1, -0.05) is 0 Å². The van der Waals surface area contributed by atoms with Gasteiger partial charge in [0.25, 0.3) is 11.7 Å². The van der Waals surface area contributed by atoms with Gasteiger partial charge in [-0.05, 0) is 36.2 Å². The van der Waals surface area contributed by atoms with E-state index in [1.165, 1.54) is 19.1 Å². The monoisotopic (exact) mass is 412 g/mol. The summed E-state index contributed by atoms with van der Waals surface area (Å²) in [6, 6.07) is 7.54. The number of aliphatic hydroxyl groups excluding tert-OH is 1. The summed E-state index contributed by atoms with van der Waals surface area (Å²) in [4.78, 5) is 31.2. The number of carbonyl (C=O) groups excluding carboxylic acids is 2. The first-order valence-corrected chi connectivity index (χ1v) is 9.43. The van der Waals surface area contributed by atoms with Crippen LogP contribution < -0.4 is 9.47 Å². The Bertz CT molecular complexity index is 957. The fourth-order valence-corrected chi connectivity index (χ4v) is 3.52. The van der Waals surface area contributed by atoms with E-state index in [0.717, 1.165) is 0 Å². The molecule has 0 bridgehead atoms. The Labute approximate surface area is 174 Å². The third kappa shape index (κ3) is 3.99. The van der Waals surface area contributed by atoms with E-state index < -0.39 is 17.7 Å². The summed E-state index contributed by atoms with van der Waals surface area (Å²) in [5.74, 6) is -0.851. The molecule has 8 nitrogen and oxygen atoms in total. The summed E-state index contributed by atoms with van der Waals surface area (Å²) in [6.07, 6.45) is 3.72. The van der Waals surface area contributed by atoms with Crippen molar-refractivity contribution in [2.75, 3.05) is 34.5 Å². The lowest BCUT2D eigenvalue weighted by Gasteiger charge is -2.25. The van der Waals surface area contributed by atoms with Crippen molar-refractivity contribution in [3.63, 3.8) is 0 Å². The fraction of sp³-hybridized carbons (Fsp3) is 0.318. The highest BCUT2D eigenvalue weighted by Gasteiger charge is 2.46. The molecular weight excluding hydrogens is 388 g/mol. The number of hydrogen-bond donors (Lipinski definition) is 1. The lowest BCUT2D eigenvalue weighted by Crippen LogP contribution is -2.31. The van der Waals surface area contributed by atoms with Crippen LogP contribution in [0.15, 0.2) is 48.3 Å². The van der Waals surface area contributed by atoms with Crippen LogP contribution in [0.25, 0.3) is 5.76 Å². The van der Waals surface area contributed by atoms with E-state index in [1.807, 2.05) is 0 Å². The van der Waals surface area contributed by atoms with E-state index >= 15 is 0 Å². The van der Waals surface area contributed by atoms with E-state index in [9.17, 15) is 14.7 Å². The minimum absolute atomic E-state index is 0.00656. The molecule has 1 amide bonds. The van der Waals surface area contributed by atoms with Gasteiger partial charge >= 0.3 is 0 Å². The van der Waals surface area contributed by atoms with Gasteiger partial charge in [-0.2, -0.15) is 0 Å². The number of likely N-dealkylation sites (tertiary alicyclic amines) is 1. The lowest BCUT2D eigenvalue weighted by atomic mass is 9.95. The van der Waals surface area contributed by atoms with Crippen LogP contribution in [-0.2, 0) is 14.3 Å². The molecule has 1 N–H and O–H groups in total. The molecule has 2 heterocycles. The van der Waals surface area contributed by atoms with Crippen molar-refractivity contribution < 1.29 is 28.9 Å². The van der Waals surface area contributed by atoms with Crippen molar-refractivity contribution in [3.8, 4) is 11.5 Å². The van der Waals surface area contributed by atoms with Gasteiger partial charge < -0.3 is 24.2 Å². The van der Waals surface area contributed by atoms with Gasteiger partial charge in [-0.15, -0.1) is 0 Å². The average molecular weight is 412 g/mol. The van der Waals surface area contributed by atoms with Crippen LogP contribution in [0.5, 0.6) is 11.5 Å². The molecule has 2 aromatic rings. The van der Waals surface area contributed by atoms with E-state index in [0.29, 0.717) is 42.2 Å². The number of aliphatic hydroxyl groups is 1. The number of ketones is 1. The number of aromatic nitrogens is 1. The number of methoxy groups -OCH3 is 3. The number of carbonyl (C=O) groups is 2. The summed E-state index contributed by atoms with van der Waals surface area (Å²) < 4.78 is 15.6. The topological polar surface area (TPSA) is 98.2 Å². The fourth-order valence-electron chi connectivity index (χ4n) is 3.52. The Morgan fingerprint density at radius 2 is 1.83 bits per heavy atom. The number of amides is 1. The van der Waals surface area contributed by atoms with Crippen molar-refractivity contribution in [1.29, 1.82) is 0 Å². The van der Waals surface area contributed by atoms with E-state index in [1.54, 1.807) is 49.8 Å². The second-order valence-electron chi connectivity index (χ2n) is 6.69. The first kappa shape index (κ1) is 21.3. The number of hydrogen-bond acceptors (Lipinski definition) is 7. The molecule has 3 rings (SSSR count). The largest absolute Gasteiger partial charge is 0.507 e. The minimum Gasteiger partial charge on any atom is -0.507 e. The second kappa shape index (κ2) is 9.41. The third-order valence-electron chi connectivity index (χ3n) is 4.97. The van der Waals surface area contributed by atoms with Crippen LogP contribution in [0.2, 0.25) is 0 Å². The van der Waals surface area contributed by atoms with Crippen LogP contribution in [0.3, 0.4) is 0 Å². The van der Waals surface area contributed by atoms with Gasteiger partial charge in [0.15, 0.2) is 0 Å². The normalized spacial score (nSPS) is 18.0. The Kier molecular flexibility index (Phi) is 6.68. The number of nitrogens with zero attached hydrogens (tertiary/aromatic N) is 2. The highest BCUT2D eigenvalue weighted by molar-refractivity contribution is 6.46. The first-order chi connectivity index (χ1) is 14.5. The zero-order chi connectivity index (χ0) is 21.7. The van der Waals surface area contributed by atoms with Gasteiger partial charge in [0.1, 0.15) is 17.3 Å². The quantitative estimate of drug-likeness (QED) is 0.308. The molecular formula is C22H24N2O6. The molecule has 1 unspecified atom stereocenters. The summed E-state index contributed by atoms with van der Waals surface area (Å²) >= 11 is 0.